The van der Waals surface area contributed by atoms with Crippen molar-refractivity contribution in [3.8, 4) is 5.69 Å². The number of nitrogens with one attached hydrogen (secondary N) is 1. The first kappa shape index (κ1) is 25.7. The molecule has 1 saturated heterocycles. The van der Waals surface area contributed by atoms with Crippen molar-refractivity contribution in [3.05, 3.63) is 60.4 Å². The first-order chi connectivity index (χ1) is 16.4. The zero-order chi connectivity index (χ0) is 25.4. The molecule has 6 nitrogen and oxygen atoms in total. The molecule has 0 aliphatic carbocycles. The third kappa shape index (κ3) is 5.25. The standard InChI is InChI=1S/C22H21B7N6/c1-15-11-16(31-19-30-14-35(32-19)17-5-3-2-4-6-17)13-18(12-15)33-7-9-34(10-8-33)20(23,21(24,25)26)22(27,28)29/h2-6,11-14H,7-10H2,1H3,(H,31,32). The SMILES string of the molecule is [B]C([B])([B])C([B])(N1CCN(c2cc(C)cc(Nc3ncn(-c4ccccc4)n3)c2)CC1)C([B])([B])[B]. The van der Waals surface area contributed by atoms with Crippen LogP contribution in [0.3, 0.4) is 0 Å². The lowest BCUT2D eigenvalue weighted by Crippen LogP contribution is -2.69. The highest BCUT2D eigenvalue weighted by Gasteiger charge is 2.47. The van der Waals surface area contributed by atoms with Crippen molar-refractivity contribution < 1.29 is 0 Å². The van der Waals surface area contributed by atoms with Gasteiger partial charge in [0.05, 0.1) is 60.6 Å². The van der Waals surface area contributed by atoms with Gasteiger partial charge in [-0.3, -0.25) is 0 Å². The number of anilines is 3. The third-order valence-electron chi connectivity index (χ3n) is 6.29. The van der Waals surface area contributed by atoms with Gasteiger partial charge < -0.3 is 15.1 Å². The topological polar surface area (TPSA) is 49.2 Å². The fourth-order valence-corrected chi connectivity index (χ4v) is 4.41. The maximum absolute atomic E-state index is 6.42. The summed E-state index contributed by atoms with van der Waals surface area (Å²) in [5.41, 5.74) is 2.18. The molecule has 0 spiro atoms. The Morgan fingerprint density at radius 1 is 0.800 bits per heavy atom. The van der Waals surface area contributed by atoms with E-state index in [1.54, 1.807) is 15.9 Å². The van der Waals surface area contributed by atoms with E-state index in [0.29, 0.717) is 32.1 Å². The van der Waals surface area contributed by atoms with Crippen molar-refractivity contribution >= 4 is 72.2 Å². The van der Waals surface area contributed by atoms with Crippen molar-refractivity contribution in [1.82, 2.24) is 19.7 Å². The first-order valence-electron chi connectivity index (χ1n) is 11.3. The van der Waals surface area contributed by atoms with Crippen molar-refractivity contribution in [2.45, 2.75) is 22.6 Å². The van der Waals surface area contributed by atoms with Crippen LogP contribution in [0.15, 0.2) is 54.9 Å². The van der Waals surface area contributed by atoms with Gasteiger partial charge in [-0.05, 0) is 42.8 Å². The minimum Gasteiger partial charge on any atom is -0.369 e. The summed E-state index contributed by atoms with van der Waals surface area (Å²) < 4.78 is 1.72. The Labute approximate surface area is 216 Å². The van der Waals surface area contributed by atoms with Crippen molar-refractivity contribution in [2.24, 2.45) is 0 Å². The van der Waals surface area contributed by atoms with Gasteiger partial charge in [-0.1, -0.05) is 23.6 Å². The predicted octanol–water partition coefficient (Wildman–Crippen LogP) is 0.465. The molecule has 0 atom stereocenters. The summed E-state index contributed by atoms with van der Waals surface area (Å²) in [6, 6.07) is 16.0. The lowest BCUT2D eigenvalue weighted by molar-refractivity contribution is 0.149. The average molecular weight is 445 g/mol. The summed E-state index contributed by atoms with van der Waals surface area (Å²) in [6.07, 6.45) is 1.67. The molecule has 0 unspecified atom stereocenters. The lowest BCUT2D eigenvalue weighted by atomic mass is 9.17. The predicted molar refractivity (Wildman–Crippen MR) is 148 cm³/mol. The van der Waals surface area contributed by atoms with E-state index in [2.05, 4.69) is 26.4 Å². The summed E-state index contributed by atoms with van der Waals surface area (Å²) in [4.78, 5) is 8.34. The van der Waals surface area contributed by atoms with Gasteiger partial charge in [0.25, 0.3) is 0 Å². The Morgan fingerprint density at radius 2 is 1.43 bits per heavy atom. The lowest BCUT2D eigenvalue weighted by Gasteiger charge is -2.62. The molecule has 0 amide bonds. The second kappa shape index (κ2) is 9.57. The second-order valence-electron chi connectivity index (χ2n) is 9.14. The van der Waals surface area contributed by atoms with E-state index in [1.807, 2.05) is 49.4 Å². The van der Waals surface area contributed by atoms with Crippen LogP contribution >= 0.6 is 0 Å². The molecule has 1 fully saturated rings. The van der Waals surface area contributed by atoms with Crippen LogP contribution in [0.1, 0.15) is 5.56 Å². The molecule has 13 heteroatoms. The minimum absolute atomic E-state index is 0.455. The zero-order valence-electron chi connectivity index (χ0n) is 19.8. The maximum Gasteiger partial charge on any atom is 0.246 e. The zero-order valence-corrected chi connectivity index (χ0v) is 19.8. The molecule has 3 aromatic rings. The first-order valence-corrected chi connectivity index (χ1v) is 11.3. The van der Waals surface area contributed by atoms with Gasteiger partial charge in [-0.15, -0.1) is 15.3 Å². The number of hydrogen-bond acceptors (Lipinski definition) is 5. The molecule has 4 rings (SSSR count). The van der Waals surface area contributed by atoms with E-state index in [1.165, 1.54) is 0 Å². The smallest absolute Gasteiger partial charge is 0.246 e. The van der Waals surface area contributed by atoms with Crippen LogP contribution < -0.4 is 10.2 Å². The van der Waals surface area contributed by atoms with E-state index in [9.17, 15) is 0 Å². The molecule has 1 aliphatic heterocycles. The van der Waals surface area contributed by atoms with Crippen molar-refractivity contribution in [3.63, 3.8) is 0 Å². The molecule has 1 N–H and O–H groups in total. The number of piperazine rings is 1. The molecule has 0 saturated carbocycles. The number of nitrogens with zero attached hydrogens (tertiary/aromatic N) is 5. The fraction of sp³-hybridized carbons (Fsp3) is 0.364. The number of aryl methyl sites for hydroxylation is 1. The Morgan fingerprint density at radius 3 is 2.03 bits per heavy atom. The normalized spacial score (nSPS) is 15.7. The number of hydrogen-bond donors (Lipinski definition) is 1. The quantitative estimate of drug-likeness (QED) is 0.536. The monoisotopic (exact) mass is 446 g/mol. The minimum atomic E-state index is -1.91. The van der Waals surface area contributed by atoms with Crippen LogP contribution in [0.5, 0.6) is 0 Å². The van der Waals surface area contributed by atoms with Gasteiger partial charge in [0.1, 0.15) is 6.33 Å². The highest BCUT2D eigenvalue weighted by molar-refractivity contribution is 6.69. The van der Waals surface area contributed by atoms with E-state index in [-0.39, 0.29) is 0 Å². The molecular formula is C22H21B7N6. The molecule has 2 heterocycles. The van der Waals surface area contributed by atoms with E-state index >= 15 is 0 Å². The summed E-state index contributed by atoms with van der Waals surface area (Å²) in [5.74, 6) is 0.499. The van der Waals surface area contributed by atoms with Crippen LogP contribution in [-0.4, -0.2) is 106 Å². The summed E-state index contributed by atoms with van der Waals surface area (Å²) >= 11 is 0. The molecule has 14 radical (unpaired) electrons. The highest BCUT2D eigenvalue weighted by Crippen LogP contribution is 2.45. The molecule has 1 aromatic heterocycles. The van der Waals surface area contributed by atoms with Gasteiger partial charge in [0.2, 0.25) is 5.95 Å². The van der Waals surface area contributed by atoms with Crippen molar-refractivity contribution in [2.75, 3.05) is 36.4 Å². The Kier molecular flexibility index (Phi) is 7.02. The molecule has 1 aliphatic rings. The van der Waals surface area contributed by atoms with E-state index in [0.717, 1.165) is 22.6 Å². The summed E-state index contributed by atoms with van der Waals surface area (Å²) in [7, 11) is 42.1. The van der Waals surface area contributed by atoms with Crippen LogP contribution in [0.25, 0.3) is 5.69 Å². The molecular weight excluding hydrogens is 424 g/mol. The van der Waals surface area contributed by atoms with Crippen LogP contribution in [0.2, 0.25) is 10.2 Å². The molecule has 2 aromatic carbocycles. The number of rotatable bonds is 7. The molecule has 35 heavy (non-hydrogen) atoms. The fourth-order valence-electron chi connectivity index (χ4n) is 4.41. The largest absolute Gasteiger partial charge is 0.369 e. The number of para-hydroxylation sites is 1. The van der Waals surface area contributed by atoms with Gasteiger partial charge in [-0.2, -0.15) is 4.98 Å². The van der Waals surface area contributed by atoms with Gasteiger partial charge in [-0.25, -0.2) is 4.68 Å². The third-order valence-corrected chi connectivity index (χ3v) is 6.29. The molecule has 0 bridgehead atoms. The Hall–Kier alpha value is -2.41. The average Bonchev–Trinajstić information content (AvgIpc) is 3.26. The van der Waals surface area contributed by atoms with Gasteiger partial charge in [0.15, 0.2) is 0 Å². The maximum atomic E-state index is 6.42. The van der Waals surface area contributed by atoms with Crippen molar-refractivity contribution in [1.29, 1.82) is 0 Å². The Bertz CT molecular complexity index is 1140. The van der Waals surface area contributed by atoms with E-state index < -0.39 is 15.7 Å². The number of benzene rings is 2. The second-order valence-corrected chi connectivity index (χ2v) is 9.14. The molecule has 160 valence electrons. The number of aromatic nitrogens is 3. The highest BCUT2D eigenvalue weighted by atomic mass is 15.4. The Balaban J connectivity index is 1.48. The van der Waals surface area contributed by atoms with Crippen LogP contribution in [0.4, 0.5) is 17.3 Å². The summed E-state index contributed by atoms with van der Waals surface area (Å²) in [5, 5.41) is 3.98. The van der Waals surface area contributed by atoms with Gasteiger partial charge >= 0.3 is 0 Å². The summed E-state index contributed by atoms with van der Waals surface area (Å²) in [6.45, 7) is 4.15. The van der Waals surface area contributed by atoms with E-state index in [4.69, 9.17) is 54.9 Å². The van der Waals surface area contributed by atoms with Crippen LogP contribution in [-0.2, 0) is 0 Å². The van der Waals surface area contributed by atoms with Gasteiger partial charge in [0, 0.05) is 37.6 Å². The van der Waals surface area contributed by atoms with Crippen LogP contribution in [0, 0.1) is 6.92 Å².